The fraction of sp³-hybridized carbons (Fsp3) is 0.200. The van der Waals surface area contributed by atoms with Gasteiger partial charge in [0.05, 0.1) is 12.7 Å². The van der Waals surface area contributed by atoms with Crippen molar-refractivity contribution in [3.63, 3.8) is 0 Å². The van der Waals surface area contributed by atoms with Gasteiger partial charge >= 0.3 is 0 Å². The first kappa shape index (κ1) is 12.3. The van der Waals surface area contributed by atoms with E-state index >= 15 is 0 Å². The van der Waals surface area contributed by atoms with Crippen molar-refractivity contribution in [2.75, 3.05) is 7.11 Å². The molecule has 0 saturated heterocycles. The third-order valence-electron chi connectivity index (χ3n) is 2.74. The van der Waals surface area contributed by atoms with Gasteiger partial charge in [-0.05, 0) is 37.6 Å². The monoisotopic (exact) mass is 241 g/mol. The number of aromatic nitrogens is 1. The predicted molar refractivity (Wildman–Crippen MR) is 70.1 cm³/mol. The second kappa shape index (κ2) is 5.00. The third-order valence-corrected chi connectivity index (χ3v) is 2.74. The first-order valence-corrected chi connectivity index (χ1v) is 5.73. The van der Waals surface area contributed by atoms with E-state index in [4.69, 9.17) is 4.74 Å². The molecule has 0 aliphatic rings. The van der Waals surface area contributed by atoms with Crippen LogP contribution in [0, 0.1) is 13.8 Å². The molecule has 0 radical (unpaired) electrons. The molecule has 0 N–H and O–H groups in total. The number of methoxy groups -OCH3 is 1. The summed E-state index contributed by atoms with van der Waals surface area (Å²) in [5.41, 5.74) is 3.15. The number of pyridine rings is 1. The van der Waals surface area contributed by atoms with Gasteiger partial charge in [-0.2, -0.15) is 0 Å². The zero-order chi connectivity index (χ0) is 13.1. The van der Waals surface area contributed by atoms with Crippen LogP contribution < -0.4 is 4.74 Å². The molecule has 0 aliphatic carbocycles. The Kier molecular flexibility index (Phi) is 3.42. The second-order valence-electron chi connectivity index (χ2n) is 4.28. The van der Waals surface area contributed by atoms with Crippen molar-refractivity contribution in [2.45, 2.75) is 13.8 Å². The van der Waals surface area contributed by atoms with Crippen LogP contribution in [-0.4, -0.2) is 17.9 Å². The van der Waals surface area contributed by atoms with Gasteiger partial charge in [-0.15, -0.1) is 0 Å². The Morgan fingerprint density at radius 3 is 2.56 bits per heavy atom. The molecule has 3 heteroatoms. The number of carbonyl (C=O) groups excluding carboxylic acids is 1. The first-order chi connectivity index (χ1) is 8.61. The van der Waals surface area contributed by atoms with Crippen molar-refractivity contribution < 1.29 is 9.53 Å². The van der Waals surface area contributed by atoms with Crippen LogP contribution in [-0.2, 0) is 0 Å². The lowest BCUT2D eigenvalue weighted by Crippen LogP contribution is -2.05. The highest BCUT2D eigenvalue weighted by atomic mass is 16.5. The summed E-state index contributed by atoms with van der Waals surface area (Å²) in [6.07, 6.45) is 3.31. The van der Waals surface area contributed by atoms with Gasteiger partial charge in [-0.3, -0.25) is 9.78 Å². The van der Waals surface area contributed by atoms with Crippen LogP contribution >= 0.6 is 0 Å². The molecule has 18 heavy (non-hydrogen) atoms. The van der Waals surface area contributed by atoms with E-state index in [1.165, 1.54) is 0 Å². The maximum absolute atomic E-state index is 12.4. The van der Waals surface area contributed by atoms with E-state index in [1.54, 1.807) is 19.5 Å². The van der Waals surface area contributed by atoms with Crippen molar-refractivity contribution in [2.24, 2.45) is 0 Å². The molecule has 0 bridgehead atoms. The minimum Gasteiger partial charge on any atom is -0.496 e. The average Bonchev–Trinajstić information content (AvgIpc) is 2.38. The van der Waals surface area contributed by atoms with Gasteiger partial charge in [-0.25, -0.2) is 0 Å². The molecule has 1 aromatic heterocycles. The smallest absolute Gasteiger partial charge is 0.198 e. The molecular weight excluding hydrogens is 226 g/mol. The number of hydrogen-bond acceptors (Lipinski definition) is 3. The maximum Gasteiger partial charge on any atom is 0.198 e. The molecule has 92 valence electrons. The van der Waals surface area contributed by atoms with E-state index in [0.29, 0.717) is 16.9 Å². The molecule has 3 nitrogen and oxygen atoms in total. The molecular formula is C15H15NO2. The Balaban J connectivity index is 2.48. The normalized spacial score (nSPS) is 10.2. The summed E-state index contributed by atoms with van der Waals surface area (Å²) in [7, 11) is 1.57. The fourth-order valence-electron chi connectivity index (χ4n) is 1.83. The SMILES string of the molecule is COc1ccc(C)cc1C(=O)c1cncc(C)c1. The van der Waals surface area contributed by atoms with Crippen molar-refractivity contribution in [1.82, 2.24) is 4.98 Å². The lowest BCUT2D eigenvalue weighted by atomic mass is 10.0. The molecule has 0 unspecified atom stereocenters. The predicted octanol–water partition coefficient (Wildman–Crippen LogP) is 2.94. The summed E-state index contributed by atoms with van der Waals surface area (Å²) in [6, 6.07) is 7.40. The van der Waals surface area contributed by atoms with Gasteiger partial charge in [0.25, 0.3) is 0 Å². The highest BCUT2D eigenvalue weighted by Gasteiger charge is 2.15. The van der Waals surface area contributed by atoms with Gasteiger partial charge in [-0.1, -0.05) is 11.6 Å². The van der Waals surface area contributed by atoms with Crippen LogP contribution in [0.25, 0.3) is 0 Å². The molecule has 2 aromatic rings. The second-order valence-corrected chi connectivity index (χ2v) is 4.28. The summed E-state index contributed by atoms with van der Waals surface area (Å²) in [5.74, 6) is 0.527. The molecule has 0 atom stereocenters. The van der Waals surface area contributed by atoms with E-state index in [-0.39, 0.29) is 5.78 Å². The molecule has 0 amide bonds. The molecule has 0 saturated carbocycles. The Morgan fingerprint density at radius 1 is 1.11 bits per heavy atom. The quantitative estimate of drug-likeness (QED) is 0.775. The number of ether oxygens (including phenoxy) is 1. The van der Waals surface area contributed by atoms with E-state index in [1.807, 2.05) is 38.1 Å². The van der Waals surface area contributed by atoms with Crippen molar-refractivity contribution in [1.29, 1.82) is 0 Å². The molecule has 0 aliphatic heterocycles. The summed E-state index contributed by atoms with van der Waals surface area (Å²) >= 11 is 0. The lowest BCUT2D eigenvalue weighted by molar-refractivity contribution is 0.103. The summed E-state index contributed by atoms with van der Waals surface area (Å²) in [6.45, 7) is 3.86. The van der Waals surface area contributed by atoms with E-state index < -0.39 is 0 Å². The number of rotatable bonds is 3. The minimum atomic E-state index is -0.0632. The van der Waals surface area contributed by atoms with Gasteiger partial charge < -0.3 is 4.74 Å². The molecule has 2 rings (SSSR count). The van der Waals surface area contributed by atoms with Gasteiger partial charge in [0.1, 0.15) is 5.75 Å². The summed E-state index contributed by atoms with van der Waals surface area (Å²) in [5, 5.41) is 0. The number of carbonyl (C=O) groups is 1. The van der Waals surface area contributed by atoms with Gasteiger partial charge in [0.2, 0.25) is 0 Å². The standard InChI is InChI=1S/C15H15NO2/c1-10-4-5-14(18-3)13(7-10)15(17)12-6-11(2)8-16-9-12/h4-9H,1-3H3. The highest BCUT2D eigenvalue weighted by molar-refractivity contribution is 6.10. The molecule has 1 heterocycles. The van der Waals surface area contributed by atoms with Gasteiger partial charge in [0, 0.05) is 18.0 Å². The molecule has 0 fully saturated rings. The van der Waals surface area contributed by atoms with Gasteiger partial charge in [0.15, 0.2) is 5.78 Å². The van der Waals surface area contributed by atoms with Crippen molar-refractivity contribution in [3.8, 4) is 5.75 Å². The topological polar surface area (TPSA) is 39.2 Å². The Hall–Kier alpha value is -2.16. The third kappa shape index (κ3) is 2.40. The Labute approximate surface area is 106 Å². The first-order valence-electron chi connectivity index (χ1n) is 5.73. The van der Waals surface area contributed by atoms with Crippen molar-refractivity contribution >= 4 is 5.78 Å². The molecule has 1 aromatic carbocycles. The number of ketones is 1. The van der Waals surface area contributed by atoms with Crippen LogP contribution in [0.5, 0.6) is 5.75 Å². The fourth-order valence-corrected chi connectivity index (χ4v) is 1.83. The maximum atomic E-state index is 12.4. The Morgan fingerprint density at radius 2 is 1.89 bits per heavy atom. The number of benzene rings is 1. The van der Waals surface area contributed by atoms with E-state index in [9.17, 15) is 4.79 Å². The van der Waals surface area contributed by atoms with E-state index in [0.717, 1.165) is 11.1 Å². The number of aryl methyl sites for hydroxylation is 2. The van der Waals surface area contributed by atoms with Crippen molar-refractivity contribution in [3.05, 3.63) is 58.9 Å². The lowest BCUT2D eigenvalue weighted by Gasteiger charge is -2.08. The zero-order valence-corrected chi connectivity index (χ0v) is 10.7. The highest BCUT2D eigenvalue weighted by Crippen LogP contribution is 2.22. The number of nitrogens with zero attached hydrogens (tertiary/aromatic N) is 1. The summed E-state index contributed by atoms with van der Waals surface area (Å²) < 4.78 is 5.23. The average molecular weight is 241 g/mol. The van der Waals surface area contributed by atoms with Crippen LogP contribution in [0.1, 0.15) is 27.0 Å². The minimum absolute atomic E-state index is 0.0632. The van der Waals surface area contributed by atoms with E-state index in [2.05, 4.69) is 4.98 Å². The Bertz CT molecular complexity index is 591. The van der Waals surface area contributed by atoms with Crippen LogP contribution in [0.4, 0.5) is 0 Å². The number of hydrogen-bond donors (Lipinski definition) is 0. The van der Waals surface area contributed by atoms with Crippen LogP contribution in [0.15, 0.2) is 36.7 Å². The van der Waals surface area contributed by atoms with Crippen LogP contribution in [0.2, 0.25) is 0 Å². The summed E-state index contributed by atoms with van der Waals surface area (Å²) in [4.78, 5) is 16.5. The zero-order valence-electron chi connectivity index (χ0n) is 10.7. The van der Waals surface area contributed by atoms with Crippen LogP contribution in [0.3, 0.4) is 0 Å². The molecule has 0 spiro atoms. The largest absolute Gasteiger partial charge is 0.496 e.